The largest absolute Gasteiger partial charge is 0.378 e. The fourth-order valence-corrected chi connectivity index (χ4v) is 2.00. The minimum Gasteiger partial charge on any atom is -0.378 e. The summed E-state index contributed by atoms with van der Waals surface area (Å²) < 4.78 is 7.49. The lowest BCUT2D eigenvalue weighted by molar-refractivity contribution is -0.129. The van der Waals surface area contributed by atoms with Crippen molar-refractivity contribution in [2.24, 2.45) is 14.1 Å². The molecule has 1 aliphatic heterocycles. The maximum atomic E-state index is 11.9. The van der Waals surface area contributed by atoms with Gasteiger partial charge < -0.3 is 14.2 Å². The minimum atomic E-state index is -0.417. The number of rotatable bonds is 2. The van der Waals surface area contributed by atoms with Crippen molar-refractivity contribution in [2.75, 3.05) is 26.3 Å². The molecule has 1 amide bonds. The Hall–Kier alpha value is -2.15. The summed E-state index contributed by atoms with van der Waals surface area (Å²) >= 11 is 0. The molecule has 7 heteroatoms. The highest BCUT2D eigenvalue weighted by molar-refractivity contribution is 5.91. The molecule has 1 aromatic heterocycles. The van der Waals surface area contributed by atoms with Gasteiger partial charge in [0, 0.05) is 39.5 Å². The van der Waals surface area contributed by atoms with Crippen LogP contribution >= 0.6 is 0 Å². The zero-order chi connectivity index (χ0) is 14.7. The highest BCUT2D eigenvalue weighted by atomic mass is 16.5. The monoisotopic (exact) mass is 279 g/mol. The summed E-state index contributed by atoms with van der Waals surface area (Å²) in [7, 11) is 2.97. The summed E-state index contributed by atoms with van der Waals surface area (Å²) in [5.41, 5.74) is -0.512. The molecule has 0 radical (unpaired) electrons. The van der Waals surface area contributed by atoms with Crippen LogP contribution in [0.4, 0.5) is 0 Å². The van der Waals surface area contributed by atoms with E-state index in [4.69, 9.17) is 4.74 Å². The van der Waals surface area contributed by atoms with Crippen molar-refractivity contribution in [3.63, 3.8) is 0 Å². The van der Waals surface area contributed by atoms with E-state index >= 15 is 0 Å². The van der Waals surface area contributed by atoms with Crippen molar-refractivity contribution in [3.05, 3.63) is 38.7 Å². The van der Waals surface area contributed by atoms with Crippen molar-refractivity contribution in [2.45, 2.75) is 0 Å². The van der Waals surface area contributed by atoms with E-state index in [0.29, 0.717) is 31.9 Å². The Labute approximate surface area is 115 Å². The first-order valence-electron chi connectivity index (χ1n) is 6.32. The normalized spacial score (nSPS) is 15.8. The Morgan fingerprint density at radius 1 is 1.25 bits per heavy atom. The molecule has 0 N–H and O–H groups in total. The maximum absolute atomic E-state index is 11.9. The topological polar surface area (TPSA) is 73.5 Å². The SMILES string of the molecule is Cn1cc(/C=C/C(=O)N2CCOCC2)c(=O)n(C)c1=O. The lowest BCUT2D eigenvalue weighted by atomic mass is 10.3. The molecule has 0 saturated carbocycles. The molecule has 7 nitrogen and oxygen atoms in total. The Balaban J connectivity index is 2.21. The van der Waals surface area contributed by atoms with E-state index in [2.05, 4.69) is 0 Å². The number of carbonyl (C=O) groups is 1. The van der Waals surface area contributed by atoms with Crippen LogP contribution in [-0.4, -0.2) is 46.2 Å². The van der Waals surface area contributed by atoms with Crippen LogP contribution in [0.25, 0.3) is 6.08 Å². The first kappa shape index (κ1) is 14.3. The van der Waals surface area contributed by atoms with Crippen LogP contribution in [-0.2, 0) is 23.6 Å². The summed E-state index contributed by atoms with van der Waals surface area (Å²) in [6.45, 7) is 2.16. The van der Waals surface area contributed by atoms with Crippen LogP contribution in [0.15, 0.2) is 21.9 Å². The highest BCUT2D eigenvalue weighted by Gasteiger charge is 2.14. The molecule has 20 heavy (non-hydrogen) atoms. The van der Waals surface area contributed by atoms with Gasteiger partial charge in [0.1, 0.15) is 0 Å². The smallest absolute Gasteiger partial charge is 0.330 e. The van der Waals surface area contributed by atoms with E-state index in [9.17, 15) is 14.4 Å². The Morgan fingerprint density at radius 2 is 1.90 bits per heavy atom. The minimum absolute atomic E-state index is 0.163. The van der Waals surface area contributed by atoms with Crippen molar-refractivity contribution >= 4 is 12.0 Å². The number of hydrogen-bond acceptors (Lipinski definition) is 4. The number of nitrogens with zero attached hydrogens (tertiary/aromatic N) is 3. The van der Waals surface area contributed by atoms with Crippen LogP contribution in [0, 0.1) is 0 Å². The van der Waals surface area contributed by atoms with Crippen LogP contribution in [0.5, 0.6) is 0 Å². The molecule has 0 spiro atoms. The zero-order valence-electron chi connectivity index (χ0n) is 11.5. The third-order valence-corrected chi connectivity index (χ3v) is 3.20. The molecule has 0 unspecified atom stereocenters. The van der Waals surface area contributed by atoms with Crippen LogP contribution in [0.2, 0.25) is 0 Å². The lowest BCUT2D eigenvalue weighted by Gasteiger charge is -2.25. The number of carbonyl (C=O) groups excluding carboxylic acids is 1. The van der Waals surface area contributed by atoms with E-state index < -0.39 is 11.2 Å². The molecule has 0 atom stereocenters. The van der Waals surface area contributed by atoms with Crippen molar-refractivity contribution in [1.29, 1.82) is 0 Å². The average Bonchev–Trinajstić information content (AvgIpc) is 2.48. The molecule has 0 aromatic carbocycles. The van der Waals surface area contributed by atoms with E-state index in [-0.39, 0.29) is 5.91 Å². The second kappa shape index (κ2) is 5.87. The van der Waals surface area contributed by atoms with Crippen LogP contribution in [0.1, 0.15) is 5.56 Å². The van der Waals surface area contributed by atoms with Crippen molar-refractivity contribution in [1.82, 2.24) is 14.0 Å². The van der Waals surface area contributed by atoms with Gasteiger partial charge in [-0.2, -0.15) is 0 Å². The summed E-state index contributed by atoms with van der Waals surface area (Å²) in [6, 6.07) is 0. The van der Waals surface area contributed by atoms with Gasteiger partial charge in [-0.3, -0.25) is 14.2 Å². The molecule has 1 saturated heterocycles. The first-order valence-corrected chi connectivity index (χ1v) is 6.32. The van der Waals surface area contributed by atoms with Crippen LogP contribution in [0.3, 0.4) is 0 Å². The van der Waals surface area contributed by atoms with Gasteiger partial charge in [-0.1, -0.05) is 0 Å². The molecule has 1 fully saturated rings. The third-order valence-electron chi connectivity index (χ3n) is 3.20. The second-order valence-electron chi connectivity index (χ2n) is 4.61. The van der Waals surface area contributed by atoms with Gasteiger partial charge >= 0.3 is 5.69 Å². The fraction of sp³-hybridized carbons (Fsp3) is 0.462. The molecular formula is C13H17N3O4. The molecule has 108 valence electrons. The zero-order valence-corrected chi connectivity index (χ0v) is 11.5. The molecule has 1 aliphatic rings. The van der Waals surface area contributed by atoms with Gasteiger partial charge in [-0.15, -0.1) is 0 Å². The number of aromatic nitrogens is 2. The summed E-state index contributed by atoms with van der Waals surface area (Å²) in [5.74, 6) is -0.163. The second-order valence-corrected chi connectivity index (χ2v) is 4.61. The predicted octanol–water partition coefficient (Wildman–Crippen LogP) is -1.04. The highest BCUT2D eigenvalue weighted by Crippen LogP contribution is 2.00. The first-order chi connectivity index (χ1) is 9.50. The van der Waals surface area contributed by atoms with Gasteiger partial charge in [0.2, 0.25) is 5.91 Å². The summed E-state index contributed by atoms with van der Waals surface area (Å²) in [4.78, 5) is 37.0. The summed E-state index contributed by atoms with van der Waals surface area (Å²) in [5, 5.41) is 0. The molecular weight excluding hydrogens is 262 g/mol. The van der Waals surface area contributed by atoms with E-state index in [1.807, 2.05) is 0 Å². The maximum Gasteiger partial charge on any atom is 0.330 e. The Bertz CT molecular complexity index is 651. The van der Waals surface area contributed by atoms with Gasteiger partial charge in [-0.05, 0) is 6.08 Å². The standard InChI is InChI=1S/C13H17N3O4/c1-14-9-10(12(18)15(2)13(14)19)3-4-11(17)16-5-7-20-8-6-16/h3-4,9H,5-8H2,1-2H3/b4-3+. The van der Waals surface area contributed by atoms with Gasteiger partial charge in [0.25, 0.3) is 5.56 Å². The Morgan fingerprint density at radius 3 is 2.55 bits per heavy atom. The molecule has 2 rings (SSSR count). The quantitative estimate of drug-likeness (QED) is 0.648. The van der Waals surface area contributed by atoms with E-state index in [1.165, 1.54) is 30.0 Å². The number of ether oxygens (including phenoxy) is 1. The van der Waals surface area contributed by atoms with E-state index in [0.717, 1.165) is 4.57 Å². The summed E-state index contributed by atoms with van der Waals surface area (Å²) in [6.07, 6.45) is 4.22. The van der Waals surface area contributed by atoms with E-state index in [1.54, 1.807) is 11.9 Å². The van der Waals surface area contributed by atoms with Crippen LogP contribution < -0.4 is 11.2 Å². The van der Waals surface area contributed by atoms with Gasteiger partial charge in [0.05, 0.1) is 18.8 Å². The molecule has 1 aromatic rings. The molecule has 0 bridgehead atoms. The number of morpholine rings is 1. The predicted molar refractivity (Wildman–Crippen MR) is 73.4 cm³/mol. The Kier molecular flexibility index (Phi) is 4.19. The van der Waals surface area contributed by atoms with Crippen molar-refractivity contribution in [3.8, 4) is 0 Å². The number of hydrogen-bond donors (Lipinski definition) is 0. The molecule has 2 heterocycles. The van der Waals surface area contributed by atoms with Gasteiger partial charge in [0.15, 0.2) is 0 Å². The molecule has 0 aliphatic carbocycles. The lowest BCUT2D eigenvalue weighted by Crippen LogP contribution is -2.40. The van der Waals surface area contributed by atoms with Crippen molar-refractivity contribution < 1.29 is 9.53 Å². The van der Waals surface area contributed by atoms with Gasteiger partial charge in [-0.25, -0.2) is 4.79 Å². The number of amides is 1. The fourth-order valence-electron chi connectivity index (χ4n) is 2.00. The average molecular weight is 279 g/mol. The number of aryl methyl sites for hydroxylation is 1. The third kappa shape index (κ3) is 2.88.